The minimum absolute atomic E-state index is 0.0376. The van der Waals surface area contributed by atoms with Crippen molar-refractivity contribution in [2.24, 2.45) is 10.9 Å². The molecule has 0 aliphatic carbocycles. The lowest BCUT2D eigenvalue weighted by Gasteiger charge is -2.03. The zero-order valence-corrected chi connectivity index (χ0v) is 9.34. The van der Waals surface area contributed by atoms with E-state index in [0.29, 0.717) is 0 Å². The summed E-state index contributed by atoms with van der Waals surface area (Å²) in [5.41, 5.74) is 5.04. The Hall–Kier alpha value is -2.44. The number of carbonyl (C=O) groups is 2. The number of ether oxygens (including phenoxy) is 1. The number of amidine groups is 1. The lowest BCUT2D eigenvalue weighted by Crippen LogP contribution is -2.14. The number of aromatic nitrogens is 1. The molecule has 0 aromatic carbocycles. The van der Waals surface area contributed by atoms with Crippen molar-refractivity contribution in [2.75, 3.05) is 7.11 Å². The van der Waals surface area contributed by atoms with E-state index in [9.17, 15) is 9.59 Å². The summed E-state index contributed by atoms with van der Waals surface area (Å²) in [6.45, 7) is 1.46. The van der Waals surface area contributed by atoms with Gasteiger partial charge in [0.15, 0.2) is 5.69 Å². The number of nitrogens with zero attached hydrogens (tertiary/aromatic N) is 2. The van der Waals surface area contributed by atoms with E-state index in [1.165, 1.54) is 32.4 Å². The van der Waals surface area contributed by atoms with Gasteiger partial charge in [-0.25, -0.2) is 14.6 Å². The van der Waals surface area contributed by atoms with Crippen LogP contribution in [-0.2, 0) is 9.57 Å². The molecule has 0 atom stereocenters. The highest BCUT2D eigenvalue weighted by Gasteiger charge is 2.20. The summed E-state index contributed by atoms with van der Waals surface area (Å²) >= 11 is 0. The maximum atomic E-state index is 11.6. The lowest BCUT2D eigenvalue weighted by molar-refractivity contribution is 0.0492. The zero-order valence-electron chi connectivity index (χ0n) is 9.34. The molecule has 0 amide bonds. The largest absolute Gasteiger partial charge is 0.464 e. The molecule has 1 heterocycles. The van der Waals surface area contributed by atoms with E-state index < -0.39 is 11.9 Å². The molecule has 0 fully saturated rings. The van der Waals surface area contributed by atoms with E-state index in [4.69, 9.17) is 5.73 Å². The first-order valence-electron chi connectivity index (χ1n) is 4.61. The summed E-state index contributed by atoms with van der Waals surface area (Å²) in [7, 11) is 1.19. The van der Waals surface area contributed by atoms with Gasteiger partial charge in [0, 0.05) is 6.20 Å². The molecule has 0 radical (unpaired) electrons. The predicted octanol–water partition coefficient (Wildman–Crippen LogP) is 0.317. The molecule has 0 saturated heterocycles. The summed E-state index contributed by atoms with van der Waals surface area (Å²) in [5.74, 6) is -1.48. The molecular weight excluding hydrogens is 226 g/mol. The maximum Gasteiger partial charge on any atom is 0.368 e. The van der Waals surface area contributed by atoms with E-state index >= 15 is 0 Å². The lowest BCUT2D eigenvalue weighted by atomic mass is 10.2. The van der Waals surface area contributed by atoms with E-state index in [0.717, 1.165) is 0 Å². The van der Waals surface area contributed by atoms with E-state index in [1.54, 1.807) is 0 Å². The number of hydrogen-bond donors (Lipinski definition) is 1. The average Bonchev–Trinajstić information content (AvgIpc) is 2.34. The fourth-order valence-electron chi connectivity index (χ4n) is 0.992. The summed E-state index contributed by atoms with van der Waals surface area (Å²) in [6.07, 6.45) is 1.36. The van der Waals surface area contributed by atoms with Crippen LogP contribution in [0.4, 0.5) is 0 Å². The Labute approximate surface area is 97.2 Å². The van der Waals surface area contributed by atoms with Crippen LogP contribution in [0.1, 0.15) is 27.8 Å². The monoisotopic (exact) mass is 237 g/mol. The van der Waals surface area contributed by atoms with Gasteiger partial charge in [0.1, 0.15) is 5.84 Å². The molecule has 0 aliphatic rings. The van der Waals surface area contributed by atoms with E-state index in [1.807, 2.05) is 0 Å². The Bertz CT molecular complexity index is 466. The quantitative estimate of drug-likeness (QED) is 0.267. The minimum Gasteiger partial charge on any atom is -0.464 e. The molecule has 0 spiro atoms. The Morgan fingerprint density at radius 3 is 2.71 bits per heavy atom. The summed E-state index contributed by atoms with van der Waals surface area (Å²) < 4.78 is 4.48. The molecule has 0 unspecified atom stereocenters. The van der Waals surface area contributed by atoms with Crippen molar-refractivity contribution in [3.05, 3.63) is 29.6 Å². The fourth-order valence-corrected chi connectivity index (χ4v) is 0.992. The third kappa shape index (κ3) is 3.26. The van der Waals surface area contributed by atoms with Crippen LogP contribution in [0.15, 0.2) is 23.5 Å². The molecule has 0 aliphatic heterocycles. The zero-order chi connectivity index (χ0) is 12.8. The first kappa shape index (κ1) is 12.6. The van der Waals surface area contributed by atoms with Crippen molar-refractivity contribution in [3.63, 3.8) is 0 Å². The Balaban J connectivity index is 3.01. The number of hydrogen-bond acceptors (Lipinski definition) is 6. The Morgan fingerprint density at radius 1 is 1.41 bits per heavy atom. The van der Waals surface area contributed by atoms with Crippen molar-refractivity contribution in [2.45, 2.75) is 6.92 Å². The third-order valence-electron chi connectivity index (χ3n) is 1.68. The van der Waals surface area contributed by atoms with E-state index in [-0.39, 0.29) is 17.1 Å². The molecule has 1 aromatic heterocycles. The average molecular weight is 237 g/mol. The smallest absolute Gasteiger partial charge is 0.368 e. The molecule has 1 rings (SSSR count). The van der Waals surface area contributed by atoms with Gasteiger partial charge in [-0.3, -0.25) is 0 Å². The predicted molar refractivity (Wildman–Crippen MR) is 58.3 cm³/mol. The van der Waals surface area contributed by atoms with Crippen molar-refractivity contribution in [1.82, 2.24) is 4.98 Å². The van der Waals surface area contributed by atoms with Crippen LogP contribution in [0.5, 0.6) is 0 Å². The van der Waals surface area contributed by atoms with Crippen molar-refractivity contribution in [3.8, 4) is 0 Å². The molecule has 1 aromatic rings. The van der Waals surface area contributed by atoms with Crippen LogP contribution in [0.25, 0.3) is 0 Å². The number of methoxy groups -OCH3 is 1. The first-order valence-corrected chi connectivity index (χ1v) is 4.61. The molecule has 2 N–H and O–H groups in total. The second-order valence-electron chi connectivity index (χ2n) is 3.00. The maximum absolute atomic E-state index is 11.6. The SMILES string of the molecule is COC(=O)c1ncccc1C(=O)O/N=C(/C)N. The molecule has 0 bridgehead atoms. The molecule has 90 valence electrons. The van der Waals surface area contributed by atoms with Gasteiger partial charge in [-0.05, 0) is 19.1 Å². The summed E-state index contributed by atoms with van der Waals surface area (Å²) in [4.78, 5) is 31.1. The minimum atomic E-state index is -0.830. The highest BCUT2D eigenvalue weighted by Crippen LogP contribution is 2.08. The van der Waals surface area contributed by atoms with Crippen LogP contribution < -0.4 is 5.73 Å². The van der Waals surface area contributed by atoms with Gasteiger partial charge in [-0.2, -0.15) is 0 Å². The van der Waals surface area contributed by atoms with Crippen LogP contribution in [0.3, 0.4) is 0 Å². The summed E-state index contributed by atoms with van der Waals surface area (Å²) in [5, 5.41) is 3.29. The molecule has 7 heteroatoms. The number of esters is 1. The molecule has 7 nitrogen and oxygen atoms in total. The van der Waals surface area contributed by atoms with Crippen LogP contribution in [0, 0.1) is 0 Å². The van der Waals surface area contributed by atoms with Crippen molar-refractivity contribution < 1.29 is 19.2 Å². The third-order valence-corrected chi connectivity index (χ3v) is 1.68. The van der Waals surface area contributed by atoms with Gasteiger partial charge in [0.25, 0.3) is 0 Å². The van der Waals surface area contributed by atoms with Crippen LogP contribution >= 0.6 is 0 Å². The van der Waals surface area contributed by atoms with Gasteiger partial charge >= 0.3 is 11.9 Å². The second kappa shape index (κ2) is 5.59. The second-order valence-corrected chi connectivity index (χ2v) is 3.00. The first-order chi connectivity index (χ1) is 8.06. The van der Waals surface area contributed by atoms with Crippen molar-refractivity contribution >= 4 is 17.8 Å². The Morgan fingerprint density at radius 2 is 2.12 bits per heavy atom. The van der Waals surface area contributed by atoms with E-state index in [2.05, 4.69) is 19.7 Å². The number of nitrogens with two attached hydrogens (primary N) is 1. The number of pyridine rings is 1. The normalized spacial score (nSPS) is 10.8. The highest BCUT2D eigenvalue weighted by molar-refractivity contribution is 6.01. The molecule has 0 saturated carbocycles. The van der Waals surface area contributed by atoms with Crippen molar-refractivity contribution in [1.29, 1.82) is 0 Å². The van der Waals surface area contributed by atoms with Gasteiger partial charge in [-0.1, -0.05) is 5.16 Å². The summed E-state index contributed by atoms with van der Waals surface area (Å²) in [6, 6.07) is 2.87. The Kier molecular flexibility index (Phi) is 4.15. The van der Waals surface area contributed by atoms with Crippen LogP contribution in [-0.4, -0.2) is 29.9 Å². The number of carbonyl (C=O) groups excluding carboxylic acids is 2. The molecular formula is C10H11N3O4. The number of rotatable bonds is 3. The van der Waals surface area contributed by atoms with Gasteiger partial charge in [0.05, 0.1) is 12.7 Å². The van der Waals surface area contributed by atoms with Gasteiger partial charge in [-0.15, -0.1) is 0 Å². The fraction of sp³-hybridized carbons (Fsp3) is 0.200. The van der Waals surface area contributed by atoms with Gasteiger partial charge in [0.2, 0.25) is 0 Å². The standard InChI is InChI=1S/C10H11N3O4/c1-6(11)13-17-9(14)7-4-3-5-12-8(7)10(15)16-2/h3-5H,1-2H3,(H2,11,13). The highest BCUT2D eigenvalue weighted by atomic mass is 16.7. The topological polar surface area (TPSA) is 104 Å². The van der Waals surface area contributed by atoms with Gasteiger partial charge < -0.3 is 15.3 Å². The number of oxime groups is 1. The molecule has 17 heavy (non-hydrogen) atoms. The van der Waals surface area contributed by atoms with Crippen LogP contribution in [0.2, 0.25) is 0 Å².